The second-order valence-electron chi connectivity index (χ2n) is 8.85. The van der Waals surface area contributed by atoms with E-state index in [-0.39, 0.29) is 0 Å². The summed E-state index contributed by atoms with van der Waals surface area (Å²) >= 11 is 0. The van der Waals surface area contributed by atoms with Crippen molar-refractivity contribution in [3.05, 3.63) is 0 Å². The van der Waals surface area contributed by atoms with Gasteiger partial charge in [-0.05, 0) is 63.7 Å². The van der Waals surface area contributed by atoms with Crippen LogP contribution in [0.5, 0.6) is 0 Å². The van der Waals surface area contributed by atoms with Crippen LogP contribution in [0.4, 0.5) is 0 Å². The van der Waals surface area contributed by atoms with Crippen LogP contribution in [-0.4, -0.2) is 97.1 Å². The summed E-state index contributed by atoms with van der Waals surface area (Å²) in [4.78, 5) is 11.0. The summed E-state index contributed by atoms with van der Waals surface area (Å²) in [6.07, 6.45) is 5.90. The first-order chi connectivity index (χ1) is 12.7. The van der Waals surface area contributed by atoms with E-state index in [2.05, 4.69) is 47.3 Å². The molecular weight excluding hydrogens is 320 g/mol. The van der Waals surface area contributed by atoms with Crippen LogP contribution in [0.1, 0.15) is 53.4 Å². The Morgan fingerprint density at radius 1 is 0.615 bits per heavy atom. The van der Waals surface area contributed by atoms with Crippen LogP contribution in [0.2, 0.25) is 0 Å². The Hall–Kier alpha value is -0.160. The van der Waals surface area contributed by atoms with Gasteiger partial charge in [0.25, 0.3) is 0 Å². The molecule has 152 valence electrons. The number of nitrogens with zero attached hydrogens (tertiary/aromatic N) is 4. The summed E-state index contributed by atoms with van der Waals surface area (Å²) in [5, 5.41) is 0. The Morgan fingerprint density at radius 2 is 1.00 bits per heavy atom. The Morgan fingerprint density at radius 3 is 1.35 bits per heavy atom. The Labute approximate surface area is 162 Å². The molecule has 26 heavy (non-hydrogen) atoms. The fraction of sp³-hybridized carbons (Fsp3) is 1.00. The van der Waals surface area contributed by atoms with Crippen LogP contribution < -0.4 is 0 Å². The molecule has 1 saturated carbocycles. The van der Waals surface area contributed by atoms with Crippen molar-refractivity contribution >= 4 is 0 Å². The normalized spacial score (nSPS) is 32.5. The molecule has 4 atom stereocenters. The topological polar surface area (TPSA) is 13.0 Å². The molecule has 5 aliphatic heterocycles. The number of piperidine rings is 2. The minimum atomic E-state index is 0.860. The van der Waals surface area contributed by atoms with Gasteiger partial charge in [-0.3, -0.25) is 9.80 Å². The smallest absolute Gasteiger partial charge is 0.0136 e. The quantitative estimate of drug-likeness (QED) is 0.591. The Balaban J connectivity index is 1.60. The van der Waals surface area contributed by atoms with E-state index >= 15 is 0 Å². The van der Waals surface area contributed by atoms with Crippen molar-refractivity contribution in [2.45, 2.75) is 65.5 Å². The third kappa shape index (κ3) is 4.63. The van der Waals surface area contributed by atoms with Gasteiger partial charge in [0.15, 0.2) is 0 Å². The van der Waals surface area contributed by atoms with Crippen LogP contribution in [-0.2, 0) is 0 Å². The lowest BCUT2D eigenvalue weighted by molar-refractivity contribution is -0.0616. The summed E-state index contributed by atoms with van der Waals surface area (Å²) in [5.74, 6) is 1.84. The minimum Gasteiger partial charge on any atom is -0.303 e. The lowest BCUT2D eigenvalue weighted by Gasteiger charge is -2.56. The van der Waals surface area contributed by atoms with Gasteiger partial charge in [0.2, 0.25) is 0 Å². The Bertz CT molecular complexity index is 369. The SMILES string of the molecule is CCN(CC)CCN1C[C@H]2CC[C@@H]1[C@@H]1CC[C@@H]2N(CCN(CC)CC)C1. The fourth-order valence-electron chi connectivity index (χ4n) is 6.02. The molecule has 5 saturated heterocycles. The van der Waals surface area contributed by atoms with E-state index in [0.717, 1.165) is 23.9 Å². The van der Waals surface area contributed by atoms with Gasteiger partial charge in [0, 0.05) is 51.4 Å². The second kappa shape index (κ2) is 9.86. The summed E-state index contributed by atoms with van der Waals surface area (Å²) in [6.45, 7) is 21.9. The van der Waals surface area contributed by atoms with Crippen molar-refractivity contribution < 1.29 is 0 Å². The van der Waals surface area contributed by atoms with Crippen LogP contribution >= 0.6 is 0 Å². The lowest BCUT2D eigenvalue weighted by atomic mass is 9.71. The van der Waals surface area contributed by atoms with Gasteiger partial charge in [-0.25, -0.2) is 0 Å². The first kappa shape index (κ1) is 20.6. The molecule has 0 unspecified atom stereocenters. The summed E-state index contributed by atoms with van der Waals surface area (Å²) in [7, 11) is 0. The molecule has 0 radical (unpaired) electrons. The maximum Gasteiger partial charge on any atom is 0.0136 e. The van der Waals surface area contributed by atoms with E-state index < -0.39 is 0 Å². The van der Waals surface area contributed by atoms with E-state index in [4.69, 9.17) is 0 Å². The maximum absolute atomic E-state index is 2.91. The molecule has 6 fully saturated rings. The highest BCUT2D eigenvalue weighted by Crippen LogP contribution is 2.41. The van der Waals surface area contributed by atoms with Gasteiger partial charge < -0.3 is 9.80 Å². The molecule has 6 rings (SSSR count). The van der Waals surface area contributed by atoms with Crippen LogP contribution in [0.15, 0.2) is 0 Å². The van der Waals surface area contributed by atoms with Gasteiger partial charge >= 0.3 is 0 Å². The number of rotatable bonds is 10. The summed E-state index contributed by atoms with van der Waals surface area (Å²) in [5.41, 5.74) is 0. The summed E-state index contributed by atoms with van der Waals surface area (Å²) in [6, 6.07) is 1.72. The number of hydrogen-bond acceptors (Lipinski definition) is 4. The molecule has 0 amide bonds. The zero-order valence-electron chi connectivity index (χ0n) is 18.0. The molecule has 0 N–H and O–H groups in total. The average molecular weight is 365 g/mol. The zero-order valence-corrected chi connectivity index (χ0v) is 18.0. The molecule has 4 nitrogen and oxygen atoms in total. The van der Waals surface area contributed by atoms with Gasteiger partial charge in [0.1, 0.15) is 0 Å². The molecule has 0 aromatic carbocycles. The standard InChI is InChI=1S/C22H44N4/c1-5-23(6-2)13-15-25-17-19-9-11-21(25)20-10-12-22(19)26(18-20)16-14-24(7-3)8-4/h19-22H,5-18H2,1-4H3/t19-,20-,21-,22+/m1/s1. The Kier molecular flexibility index (Phi) is 7.80. The van der Waals surface area contributed by atoms with E-state index in [1.807, 2.05) is 0 Å². The van der Waals surface area contributed by atoms with Gasteiger partial charge in [-0.2, -0.15) is 0 Å². The van der Waals surface area contributed by atoms with Crippen molar-refractivity contribution in [2.24, 2.45) is 11.8 Å². The average Bonchev–Trinajstić information content (AvgIpc) is 2.67. The summed E-state index contributed by atoms with van der Waals surface area (Å²) < 4.78 is 0. The highest BCUT2D eigenvalue weighted by Gasteiger charge is 2.45. The third-order valence-corrected chi connectivity index (χ3v) is 7.83. The monoisotopic (exact) mass is 364 g/mol. The fourth-order valence-corrected chi connectivity index (χ4v) is 6.02. The molecule has 4 heteroatoms. The lowest BCUT2D eigenvalue weighted by Crippen LogP contribution is -2.63. The molecule has 0 aromatic rings. The second-order valence-corrected chi connectivity index (χ2v) is 8.85. The van der Waals surface area contributed by atoms with Gasteiger partial charge in [-0.15, -0.1) is 0 Å². The highest BCUT2D eigenvalue weighted by molar-refractivity contribution is 5.00. The van der Waals surface area contributed by atoms with Crippen molar-refractivity contribution in [3.8, 4) is 0 Å². The first-order valence-electron chi connectivity index (χ1n) is 11.6. The van der Waals surface area contributed by atoms with Gasteiger partial charge in [0.05, 0.1) is 0 Å². The van der Waals surface area contributed by atoms with E-state index in [1.54, 1.807) is 0 Å². The van der Waals surface area contributed by atoms with Crippen LogP contribution in [0.25, 0.3) is 0 Å². The largest absolute Gasteiger partial charge is 0.303 e. The van der Waals surface area contributed by atoms with E-state index in [0.29, 0.717) is 0 Å². The predicted octanol–water partition coefficient (Wildman–Crippen LogP) is 2.84. The predicted molar refractivity (Wildman–Crippen MR) is 112 cm³/mol. The first-order valence-corrected chi connectivity index (χ1v) is 11.6. The van der Waals surface area contributed by atoms with Crippen molar-refractivity contribution in [3.63, 3.8) is 0 Å². The van der Waals surface area contributed by atoms with Crippen molar-refractivity contribution in [1.82, 2.24) is 19.6 Å². The number of hydrogen-bond donors (Lipinski definition) is 0. The minimum absolute atomic E-state index is 0.860. The third-order valence-electron chi connectivity index (χ3n) is 7.83. The number of likely N-dealkylation sites (N-methyl/N-ethyl adjacent to an activating group) is 2. The molecule has 6 aliphatic rings. The van der Waals surface area contributed by atoms with Crippen molar-refractivity contribution in [2.75, 3.05) is 65.4 Å². The van der Waals surface area contributed by atoms with E-state index in [1.165, 1.54) is 91.1 Å². The van der Waals surface area contributed by atoms with Crippen LogP contribution in [0, 0.1) is 11.8 Å². The molecule has 4 bridgehead atoms. The highest BCUT2D eigenvalue weighted by atomic mass is 15.3. The van der Waals surface area contributed by atoms with Crippen molar-refractivity contribution in [1.29, 1.82) is 0 Å². The van der Waals surface area contributed by atoms with E-state index in [9.17, 15) is 0 Å². The molecule has 5 heterocycles. The van der Waals surface area contributed by atoms with Crippen LogP contribution in [0.3, 0.4) is 0 Å². The molecule has 1 aliphatic carbocycles. The molecule has 0 spiro atoms. The maximum atomic E-state index is 2.91. The van der Waals surface area contributed by atoms with Gasteiger partial charge in [-0.1, -0.05) is 27.7 Å². The molecular formula is C22H44N4. The molecule has 0 aromatic heterocycles. The zero-order chi connectivity index (χ0) is 18.5.